The van der Waals surface area contributed by atoms with Gasteiger partial charge in [0, 0.05) is 47.9 Å². The number of carbonyl (C=O) groups excluding carboxylic acids is 2. The molecule has 0 aliphatic carbocycles. The molecule has 0 fully saturated rings. The zero-order valence-corrected chi connectivity index (χ0v) is 20.5. The normalized spacial score (nSPS) is 13.6. The molecule has 0 aromatic heterocycles. The molecule has 0 heterocycles. The second-order valence-electron chi connectivity index (χ2n) is 8.29. The molecule has 5 N–H and O–H groups in total. The lowest BCUT2D eigenvalue weighted by Gasteiger charge is -2.35. The lowest BCUT2D eigenvalue weighted by atomic mass is 9.83. The number of nitrogens with two attached hydrogens (primary N) is 2. The van der Waals surface area contributed by atoms with E-state index in [0.717, 1.165) is 12.1 Å². The molecule has 1 amide bonds. The first kappa shape index (κ1) is 27.7. The first-order chi connectivity index (χ1) is 16.6. The fraction of sp³-hybridized carbons (Fsp3) is 0.280. The van der Waals surface area contributed by atoms with E-state index in [4.69, 9.17) is 23.2 Å². The van der Waals surface area contributed by atoms with Crippen LogP contribution in [0.4, 0.5) is 10.1 Å². The number of hydrogen-bond donors (Lipinski definition) is 3. The summed E-state index contributed by atoms with van der Waals surface area (Å²) < 4.78 is 14.0. The third kappa shape index (κ3) is 7.20. The van der Waals surface area contributed by atoms with Gasteiger partial charge in [-0.1, -0.05) is 31.5 Å². The van der Waals surface area contributed by atoms with E-state index in [1.807, 2.05) is 19.9 Å². The van der Waals surface area contributed by atoms with Crippen LogP contribution in [0.1, 0.15) is 41.3 Å². The molecule has 2 rings (SSSR count). The van der Waals surface area contributed by atoms with Gasteiger partial charge < -0.3 is 11.1 Å². The van der Waals surface area contributed by atoms with Crippen molar-refractivity contribution in [1.29, 1.82) is 5.26 Å². The highest BCUT2D eigenvalue weighted by molar-refractivity contribution is 6.31. The highest BCUT2D eigenvalue weighted by atomic mass is 35.5. The molecule has 184 valence electrons. The summed E-state index contributed by atoms with van der Waals surface area (Å²) in [5, 5.41) is 13.7. The van der Waals surface area contributed by atoms with Crippen molar-refractivity contribution in [2.45, 2.75) is 25.8 Å². The zero-order valence-electron chi connectivity index (χ0n) is 19.7. The van der Waals surface area contributed by atoms with Crippen LogP contribution in [0.2, 0.25) is 5.02 Å². The zero-order chi connectivity index (χ0) is 26.1. The molecule has 0 unspecified atom stereocenters. The third-order valence-electron chi connectivity index (χ3n) is 5.15. The monoisotopic (exact) mass is 498 g/mol. The number of benzene rings is 2. The SMILES string of the molecule is CN=CC(=CN)[C@@H]([C@H](C(=O)Nc1cc(Cl)cc(C#N)c1)c1ccc(F)cc1C=O)N(N)CC(C)C. The Morgan fingerprint density at radius 3 is 2.60 bits per heavy atom. The standard InChI is InChI=1S/C25H28ClFN6O2/c1-15(2)13-33(30)24(18(11-29)12-31-3)23(22-5-4-20(27)8-17(22)14-34)25(35)32-21-7-16(10-28)6-19(26)9-21/h4-9,11-12,14-15,23-24H,13,29-30H2,1-3H3,(H,32,35)/t23-,24+/m1/s1. The van der Waals surface area contributed by atoms with Gasteiger partial charge in [-0.2, -0.15) is 5.26 Å². The van der Waals surface area contributed by atoms with Crippen LogP contribution in [0.25, 0.3) is 0 Å². The Morgan fingerprint density at radius 1 is 1.31 bits per heavy atom. The first-order valence-corrected chi connectivity index (χ1v) is 11.1. The van der Waals surface area contributed by atoms with Crippen LogP contribution in [0.15, 0.2) is 53.2 Å². The van der Waals surface area contributed by atoms with E-state index in [0.29, 0.717) is 18.4 Å². The van der Waals surface area contributed by atoms with Crippen LogP contribution >= 0.6 is 11.6 Å². The molecule has 8 nitrogen and oxygen atoms in total. The summed E-state index contributed by atoms with van der Waals surface area (Å²) in [6, 6.07) is 9.10. The first-order valence-electron chi connectivity index (χ1n) is 10.8. The number of aliphatic imine (C=N–C) groups is 1. The molecule has 0 bridgehead atoms. The van der Waals surface area contributed by atoms with Gasteiger partial charge >= 0.3 is 0 Å². The van der Waals surface area contributed by atoms with Gasteiger partial charge in [-0.05, 0) is 41.8 Å². The van der Waals surface area contributed by atoms with E-state index in [1.54, 1.807) is 7.05 Å². The van der Waals surface area contributed by atoms with Crippen molar-refractivity contribution in [3.05, 3.63) is 75.7 Å². The van der Waals surface area contributed by atoms with Crippen molar-refractivity contribution < 1.29 is 14.0 Å². The van der Waals surface area contributed by atoms with E-state index >= 15 is 0 Å². The maximum Gasteiger partial charge on any atom is 0.233 e. The summed E-state index contributed by atoms with van der Waals surface area (Å²) in [6.07, 6.45) is 3.24. The number of aldehydes is 1. The van der Waals surface area contributed by atoms with Gasteiger partial charge in [-0.15, -0.1) is 0 Å². The highest BCUT2D eigenvalue weighted by Crippen LogP contribution is 2.32. The van der Waals surface area contributed by atoms with Crippen molar-refractivity contribution in [2.75, 3.05) is 18.9 Å². The van der Waals surface area contributed by atoms with Crippen LogP contribution < -0.4 is 16.9 Å². The summed E-state index contributed by atoms with van der Waals surface area (Å²) in [5.74, 6) is 4.26. The third-order valence-corrected chi connectivity index (χ3v) is 5.37. The summed E-state index contributed by atoms with van der Waals surface area (Å²) in [5.41, 5.74) is 7.07. The minimum atomic E-state index is -1.11. The quantitative estimate of drug-likeness (QED) is 0.198. The molecule has 35 heavy (non-hydrogen) atoms. The van der Waals surface area contributed by atoms with Crippen molar-refractivity contribution in [3.63, 3.8) is 0 Å². The molecule has 0 spiro atoms. The number of halogens is 2. The average molecular weight is 499 g/mol. The number of hydrogen-bond acceptors (Lipinski definition) is 7. The van der Waals surface area contributed by atoms with Crippen LogP contribution in [0.5, 0.6) is 0 Å². The summed E-state index contributed by atoms with van der Waals surface area (Å²) in [6.45, 7) is 4.28. The Kier molecular flexibility index (Phi) is 10.1. The Bertz CT molecular complexity index is 1180. The summed E-state index contributed by atoms with van der Waals surface area (Å²) in [4.78, 5) is 29.7. The Balaban J connectivity index is 2.73. The van der Waals surface area contributed by atoms with Gasteiger partial charge in [-0.25, -0.2) is 9.40 Å². The van der Waals surface area contributed by atoms with Crippen LogP contribution in [0.3, 0.4) is 0 Å². The lowest BCUT2D eigenvalue weighted by molar-refractivity contribution is -0.118. The van der Waals surface area contributed by atoms with Gasteiger partial charge in [0.15, 0.2) is 0 Å². The predicted molar refractivity (Wildman–Crippen MR) is 136 cm³/mol. The smallest absolute Gasteiger partial charge is 0.233 e. The number of nitriles is 1. The van der Waals surface area contributed by atoms with E-state index in [9.17, 15) is 19.2 Å². The van der Waals surface area contributed by atoms with Crippen LogP contribution in [-0.2, 0) is 4.79 Å². The molecule has 2 aromatic carbocycles. The van der Waals surface area contributed by atoms with Crippen molar-refractivity contribution >= 4 is 35.7 Å². The molecule has 2 atom stereocenters. The minimum Gasteiger partial charge on any atom is -0.404 e. The molecule has 0 aliphatic heterocycles. The van der Waals surface area contributed by atoms with E-state index < -0.39 is 23.7 Å². The number of nitrogens with one attached hydrogen (secondary N) is 1. The number of rotatable bonds is 10. The molecule has 10 heteroatoms. The van der Waals surface area contributed by atoms with Gasteiger partial charge in [0.1, 0.15) is 12.1 Å². The molecule has 0 aliphatic rings. The summed E-state index contributed by atoms with van der Waals surface area (Å²) in [7, 11) is 1.54. The topological polar surface area (TPSA) is 138 Å². The van der Waals surface area contributed by atoms with Gasteiger partial charge in [0.2, 0.25) is 5.91 Å². The van der Waals surface area contributed by atoms with E-state index in [-0.39, 0.29) is 33.3 Å². The second kappa shape index (κ2) is 12.8. The number of amides is 1. The summed E-state index contributed by atoms with van der Waals surface area (Å²) >= 11 is 6.10. The second-order valence-corrected chi connectivity index (χ2v) is 8.72. The van der Waals surface area contributed by atoms with E-state index in [2.05, 4.69) is 10.3 Å². The van der Waals surface area contributed by atoms with Gasteiger partial charge in [0.25, 0.3) is 0 Å². The van der Waals surface area contributed by atoms with Gasteiger partial charge in [0.05, 0.1) is 23.6 Å². The Labute approximate surface area is 209 Å². The highest BCUT2D eigenvalue weighted by Gasteiger charge is 2.37. The van der Waals surface area contributed by atoms with Crippen molar-refractivity contribution in [3.8, 4) is 6.07 Å². The number of carbonyl (C=O) groups is 2. The molecular weight excluding hydrogens is 471 g/mol. The van der Waals surface area contributed by atoms with Crippen molar-refractivity contribution in [1.82, 2.24) is 5.01 Å². The molecule has 2 aromatic rings. The van der Waals surface area contributed by atoms with E-state index in [1.165, 1.54) is 41.7 Å². The molecular formula is C25H28ClFN6O2. The fourth-order valence-corrected chi connectivity index (χ4v) is 4.04. The average Bonchev–Trinajstić information content (AvgIpc) is 2.80. The van der Waals surface area contributed by atoms with Crippen molar-refractivity contribution in [2.24, 2.45) is 22.5 Å². The Hall–Kier alpha value is -3.58. The predicted octanol–water partition coefficient (Wildman–Crippen LogP) is 3.63. The largest absolute Gasteiger partial charge is 0.404 e. The maximum absolute atomic E-state index is 14.0. The maximum atomic E-state index is 14.0. The van der Waals surface area contributed by atoms with Crippen LogP contribution in [0, 0.1) is 23.1 Å². The number of anilines is 1. The number of nitrogens with zero attached hydrogens (tertiary/aromatic N) is 3. The number of hydrazine groups is 1. The molecule has 0 saturated heterocycles. The molecule has 0 radical (unpaired) electrons. The van der Waals surface area contributed by atoms with Gasteiger partial charge in [-0.3, -0.25) is 20.4 Å². The fourth-order valence-electron chi connectivity index (χ4n) is 3.81. The minimum absolute atomic E-state index is 0.0123. The van der Waals surface area contributed by atoms with Crippen LogP contribution in [-0.4, -0.2) is 43.1 Å². The lowest BCUT2D eigenvalue weighted by Crippen LogP contribution is -2.51. The molecule has 0 saturated carbocycles. The Morgan fingerprint density at radius 2 is 2.03 bits per heavy atom.